The predicted octanol–water partition coefficient (Wildman–Crippen LogP) is -6.73. The molecule has 11 heavy (non-hydrogen) atoms. The van der Waals surface area contributed by atoms with Crippen LogP contribution in [0.4, 0.5) is 0 Å². The molecule has 0 atom stereocenters. The minimum atomic E-state index is 0. The molecule has 73 valence electrons. The summed E-state index contributed by atoms with van der Waals surface area (Å²) in [4.78, 5) is 32.0. The Balaban J connectivity index is -0.00000000356. The van der Waals surface area contributed by atoms with E-state index in [0.29, 0.717) is 0 Å². The molecule has 4 nitrogen and oxygen atoms in total. The van der Waals surface area contributed by atoms with Crippen LogP contribution in [0.3, 0.4) is 0 Å². The molecule has 0 spiro atoms. The van der Waals surface area contributed by atoms with Crippen LogP contribution in [-0.4, -0.2) is 27.2 Å². The van der Waals surface area contributed by atoms with Crippen LogP contribution in [0.15, 0.2) is 0 Å². The summed E-state index contributed by atoms with van der Waals surface area (Å²) >= 11 is 0. The smallest absolute Gasteiger partial charge is 0.106 e. The van der Waals surface area contributed by atoms with Gasteiger partial charge in [0.05, 0.1) is 0 Å². The zero-order chi connectivity index (χ0) is 8.00. The summed E-state index contributed by atoms with van der Waals surface area (Å²) in [6.07, 6.45) is 0. The van der Waals surface area contributed by atoms with Crippen LogP contribution in [0.25, 0.3) is 0 Å². The van der Waals surface area contributed by atoms with Crippen molar-refractivity contribution in [2.75, 3.05) is 0 Å². The molecule has 0 aliphatic carbocycles. The first-order valence-corrected chi connectivity index (χ1v) is 1.15. The number of carbonyl (C=O) groups excluding carboxylic acids is 4. The van der Waals surface area contributed by atoms with Crippen molar-refractivity contribution < 1.29 is 73.2 Å². The van der Waals surface area contributed by atoms with E-state index >= 15 is 0 Å². The fraction of sp³-hybridized carbons (Fsp3) is 0. The van der Waals surface area contributed by atoms with Crippen molar-refractivity contribution in [1.82, 2.24) is 0 Å². The van der Waals surface area contributed by atoms with Crippen molar-refractivity contribution in [1.29, 1.82) is 0 Å². The van der Waals surface area contributed by atoms with Gasteiger partial charge in [-0.25, -0.2) is 0 Å². The van der Waals surface area contributed by atoms with E-state index in [2.05, 4.69) is 0 Å². The topological polar surface area (TPSA) is 68.3 Å². The maximum atomic E-state index is 8.00. The van der Waals surface area contributed by atoms with Crippen molar-refractivity contribution in [3.63, 3.8) is 0 Å². The quantitative estimate of drug-likeness (QED) is 0.352. The minimum Gasteiger partial charge on any atom is -1.00 e. The second-order valence-electron chi connectivity index (χ2n) is 0. The van der Waals surface area contributed by atoms with E-state index in [1.807, 2.05) is 27.2 Å². The molecule has 0 aliphatic heterocycles. The number of hydrogen-bond acceptors (Lipinski definition) is 4. The first-order chi connectivity index (χ1) is 4.00. The molecule has 0 saturated carbocycles. The summed E-state index contributed by atoms with van der Waals surface area (Å²) in [7, 11) is 0. The van der Waals surface area contributed by atoms with Crippen molar-refractivity contribution in [2.24, 2.45) is 0 Å². The Labute approximate surface area is 100 Å². The molecule has 0 amide bonds. The van der Waals surface area contributed by atoms with Gasteiger partial charge in [-0.2, -0.15) is 0 Å². The van der Waals surface area contributed by atoms with E-state index in [0.717, 1.165) is 0 Å². The van der Waals surface area contributed by atoms with Crippen LogP contribution in [0, 0.1) is 0 Å². The largest absolute Gasteiger partial charge is 1.00 e. The van der Waals surface area contributed by atoms with Gasteiger partial charge >= 0.3 is 0 Å². The van der Waals surface area contributed by atoms with Gasteiger partial charge < -0.3 is 53.1 Å². The molecular weight excluding hydrogens is 464 g/mol. The zero-order valence-electron chi connectivity index (χ0n) is 5.55. The Morgan fingerprint density at radius 3 is 0.455 bits per heavy atom. The second-order valence-corrected chi connectivity index (χ2v) is 0. The fourth-order valence-electron chi connectivity index (χ4n) is 0. The van der Waals surface area contributed by atoms with E-state index in [1.165, 1.54) is 0 Å². The van der Waals surface area contributed by atoms with Crippen LogP contribution >= 0.6 is 0 Å². The first-order valence-electron chi connectivity index (χ1n) is 1.15. The molecular formula is C4H8Br2IrO4-2. The Kier molecular flexibility index (Phi) is 62600. The maximum Gasteiger partial charge on any atom is 0.106 e. The van der Waals surface area contributed by atoms with E-state index in [1.54, 1.807) is 0 Å². The number of hydrogen-bond donors (Lipinski definition) is 0. The van der Waals surface area contributed by atoms with Gasteiger partial charge in [-0.05, 0) is 0 Å². The fourth-order valence-corrected chi connectivity index (χ4v) is 0. The molecule has 0 aromatic carbocycles. The monoisotopic (exact) mass is 471 g/mol. The number of halogens is 2. The molecule has 0 bridgehead atoms. The average molecular weight is 472 g/mol. The summed E-state index contributed by atoms with van der Waals surface area (Å²) in [6, 6.07) is 0. The normalized spacial score (nSPS) is 1.45. The Bertz CT molecular complexity index is 28.1. The third kappa shape index (κ3) is 8440. The summed E-state index contributed by atoms with van der Waals surface area (Å²) in [6.45, 7) is 8.00. The van der Waals surface area contributed by atoms with E-state index in [9.17, 15) is 0 Å². The van der Waals surface area contributed by atoms with Crippen molar-refractivity contribution >= 4 is 27.2 Å². The third-order valence-electron chi connectivity index (χ3n) is 0. The van der Waals surface area contributed by atoms with Crippen LogP contribution in [0.2, 0.25) is 0 Å². The van der Waals surface area contributed by atoms with E-state index in [-0.39, 0.29) is 54.1 Å². The summed E-state index contributed by atoms with van der Waals surface area (Å²) in [5, 5.41) is 0. The molecule has 0 unspecified atom stereocenters. The molecule has 0 rings (SSSR count). The molecule has 0 fully saturated rings. The van der Waals surface area contributed by atoms with Gasteiger partial charge in [-0.1, -0.05) is 0 Å². The van der Waals surface area contributed by atoms with Gasteiger partial charge in [0.15, 0.2) is 0 Å². The van der Waals surface area contributed by atoms with Crippen LogP contribution < -0.4 is 34.0 Å². The molecule has 7 heteroatoms. The summed E-state index contributed by atoms with van der Waals surface area (Å²) in [5.74, 6) is 0. The average Bonchev–Trinajstić information content (AvgIpc) is 2.03. The molecule has 0 aromatic heterocycles. The standard InChI is InChI=1S/4CH2O.2BrH.Ir/c4*1-2;;;/h4*1H2;2*1H;/p-2. The Hall–Kier alpha value is 0.289. The number of rotatable bonds is 0. The van der Waals surface area contributed by atoms with Crippen molar-refractivity contribution in [3.05, 3.63) is 0 Å². The third-order valence-corrected chi connectivity index (χ3v) is 0. The Morgan fingerprint density at radius 2 is 0.455 bits per heavy atom. The first kappa shape index (κ1) is 65.0. The van der Waals surface area contributed by atoms with Gasteiger partial charge in [-0.15, -0.1) is 0 Å². The number of carbonyl (C=O) groups is 4. The maximum absolute atomic E-state index is 8.00. The molecule has 0 heterocycles. The van der Waals surface area contributed by atoms with Crippen molar-refractivity contribution in [3.8, 4) is 0 Å². The molecule has 1 radical (unpaired) electrons. The van der Waals surface area contributed by atoms with Gasteiger partial charge in [0.25, 0.3) is 0 Å². The van der Waals surface area contributed by atoms with Gasteiger partial charge in [0, 0.05) is 20.1 Å². The molecule has 0 aromatic rings. The molecule has 0 N–H and O–H groups in total. The molecule has 0 aliphatic rings. The summed E-state index contributed by atoms with van der Waals surface area (Å²) in [5.41, 5.74) is 0. The van der Waals surface area contributed by atoms with Crippen LogP contribution in [0.1, 0.15) is 0 Å². The SMILES string of the molecule is C=O.C=O.C=O.C=O.[Br-].[Br-].[Ir]. The van der Waals surface area contributed by atoms with Gasteiger partial charge in [0.2, 0.25) is 0 Å². The second kappa shape index (κ2) is 10600. The summed E-state index contributed by atoms with van der Waals surface area (Å²) < 4.78 is 0. The van der Waals surface area contributed by atoms with E-state index in [4.69, 9.17) is 19.2 Å². The minimum absolute atomic E-state index is 0. The predicted molar refractivity (Wildman–Crippen MR) is 28.5 cm³/mol. The van der Waals surface area contributed by atoms with Crippen LogP contribution in [0.5, 0.6) is 0 Å². The molecule has 0 saturated heterocycles. The van der Waals surface area contributed by atoms with E-state index < -0.39 is 0 Å². The van der Waals surface area contributed by atoms with Crippen LogP contribution in [-0.2, 0) is 39.3 Å². The zero-order valence-corrected chi connectivity index (χ0v) is 11.1. The Morgan fingerprint density at radius 1 is 0.455 bits per heavy atom. The van der Waals surface area contributed by atoms with Crippen molar-refractivity contribution in [2.45, 2.75) is 0 Å². The van der Waals surface area contributed by atoms with Gasteiger partial charge in [0.1, 0.15) is 27.2 Å². The van der Waals surface area contributed by atoms with Gasteiger partial charge in [-0.3, -0.25) is 0 Å².